The van der Waals surface area contributed by atoms with Gasteiger partial charge in [-0.3, -0.25) is 9.48 Å². The number of likely N-dealkylation sites (tertiary alicyclic amines) is 1. The van der Waals surface area contributed by atoms with E-state index in [0.29, 0.717) is 18.0 Å². The number of piperidine rings is 1. The van der Waals surface area contributed by atoms with E-state index in [1.807, 2.05) is 30.0 Å². The van der Waals surface area contributed by atoms with E-state index in [1.165, 1.54) is 12.0 Å². The Kier molecular flexibility index (Phi) is 5.18. The zero-order chi connectivity index (χ0) is 16.9. The van der Waals surface area contributed by atoms with Gasteiger partial charge in [0.1, 0.15) is 11.4 Å². The first-order chi connectivity index (χ1) is 11.7. The molecule has 1 aromatic heterocycles. The highest BCUT2D eigenvalue weighted by molar-refractivity contribution is 5.92. The Balaban J connectivity index is 1.69. The van der Waals surface area contributed by atoms with Crippen molar-refractivity contribution < 1.29 is 9.90 Å². The van der Waals surface area contributed by atoms with Gasteiger partial charge in [0.15, 0.2) is 0 Å². The molecule has 0 saturated carbocycles. The Morgan fingerprint density at radius 1 is 1.25 bits per heavy atom. The number of phenolic OH excluding ortho intramolecular Hbond substituents is 1. The zero-order valence-electron chi connectivity index (χ0n) is 14.2. The fraction of sp³-hybridized carbons (Fsp3) is 0.474. The Bertz CT molecular complexity index is 678. The molecule has 24 heavy (non-hydrogen) atoms. The molecule has 128 valence electrons. The SMILES string of the molecule is CCn1nccc1C(=O)N1CCCCC1CCc1ccc(O)cc1. The fourth-order valence-electron chi connectivity index (χ4n) is 3.48. The molecule has 1 unspecified atom stereocenters. The molecule has 3 rings (SSSR count). The summed E-state index contributed by atoms with van der Waals surface area (Å²) in [5, 5.41) is 13.6. The molecule has 1 saturated heterocycles. The van der Waals surface area contributed by atoms with Gasteiger partial charge in [-0.2, -0.15) is 5.10 Å². The highest BCUT2D eigenvalue weighted by Crippen LogP contribution is 2.24. The van der Waals surface area contributed by atoms with Crippen molar-refractivity contribution >= 4 is 5.91 Å². The van der Waals surface area contributed by atoms with Crippen molar-refractivity contribution in [2.45, 2.75) is 51.6 Å². The predicted octanol–water partition coefficient (Wildman–Crippen LogP) is 3.24. The van der Waals surface area contributed by atoms with Crippen LogP contribution in [0.25, 0.3) is 0 Å². The fourth-order valence-corrected chi connectivity index (χ4v) is 3.48. The van der Waals surface area contributed by atoms with Crippen LogP contribution in [-0.2, 0) is 13.0 Å². The lowest BCUT2D eigenvalue weighted by Crippen LogP contribution is -2.44. The predicted molar refractivity (Wildman–Crippen MR) is 93.0 cm³/mol. The van der Waals surface area contributed by atoms with Crippen molar-refractivity contribution in [2.24, 2.45) is 0 Å². The molecular weight excluding hydrogens is 302 g/mol. The molecule has 1 atom stereocenters. The molecule has 2 aromatic rings. The first-order valence-corrected chi connectivity index (χ1v) is 8.79. The highest BCUT2D eigenvalue weighted by Gasteiger charge is 2.28. The lowest BCUT2D eigenvalue weighted by atomic mass is 9.95. The van der Waals surface area contributed by atoms with Crippen LogP contribution in [-0.4, -0.2) is 38.3 Å². The van der Waals surface area contributed by atoms with Crippen LogP contribution in [0.1, 0.15) is 48.7 Å². The summed E-state index contributed by atoms with van der Waals surface area (Å²) in [6.07, 6.45) is 6.88. The number of aromatic nitrogens is 2. The average molecular weight is 327 g/mol. The number of hydrogen-bond donors (Lipinski definition) is 1. The number of aryl methyl sites for hydroxylation is 2. The third-order valence-electron chi connectivity index (χ3n) is 4.83. The first-order valence-electron chi connectivity index (χ1n) is 8.79. The van der Waals surface area contributed by atoms with Crippen LogP contribution in [0.3, 0.4) is 0 Å². The number of carbonyl (C=O) groups excluding carboxylic acids is 1. The van der Waals surface area contributed by atoms with E-state index in [2.05, 4.69) is 5.10 Å². The van der Waals surface area contributed by atoms with Gasteiger partial charge in [0.05, 0.1) is 0 Å². The maximum absolute atomic E-state index is 12.9. The molecule has 1 N–H and O–H groups in total. The second-order valence-corrected chi connectivity index (χ2v) is 6.39. The number of amides is 1. The number of phenols is 1. The molecule has 1 amide bonds. The summed E-state index contributed by atoms with van der Waals surface area (Å²) in [4.78, 5) is 15.0. The summed E-state index contributed by atoms with van der Waals surface area (Å²) < 4.78 is 1.77. The second kappa shape index (κ2) is 7.51. The van der Waals surface area contributed by atoms with Crippen LogP contribution in [0.15, 0.2) is 36.5 Å². The number of benzene rings is 1. The first kappa shape index (κ1) is 16.6. The van der Waals surface area contributed by atoms with E-state index in [9.17, 15) is 9.90 Å². The third kappa shape index (κ3) is 3.61. The van der Waals surface area contributed by atoms with E-state index in [0.717, 1.165) is 32.2 Å². The van der Waals surface area contributed by atoms with Crippen molar-refractivity contribution in [3.8, 4) is 5.75 Å². The summed E-state index contributed by atoms with van der Waals surface area (Å²) in [6.45, 7) is 3.54. The molecule has 2 heterocycles. The number of carbonyl (C=O) groups is 1. The molecular formula is C19H25N3O2. The zero-order valence-corrected chi connectivity index (χ0v) is 14.2. The molecule has 1 fully saturated rings. The number of rotatable bonds is 5. The summed E-state index contributed by atoms with van der Waals surface area (Å²) in [5.74, 6) is 0.394. The largest absolute Gasteiger partial charge is 0.508 e. The maximum atomic E-state index is 12.9. The minimum absolute atomic E-state index is 0.102. The Morgan fingerprint density at radius 2 is 2.04 bits per heavy atom. The van der Waals surface area contributed by atoms with E-state index in [4.69, 9.17) is 0 Å². The second-order valence-electron chi connectivity index (χ2n) is 6.39. The molecule has 1 aliphatic rings. The molecule has 1 aliphatic heterocycles. The molecule has 5 nitrogen and oxygen atoms in total. The van der Waals surface area contributed by atoms with Crippen LogP contribution in [0.4, 0.5) is 0 Å². The minimum Gasteiger partial charge on any atom is -0.508 e. The minimum atomic E-state index is 0.102. The van der Waals surface area contributed by atoms with E-state index < -0.39 is 0 Å². The van der Waals surface area contributed by atoms with Gasteiger partial charge >= 0.3 is 0 Å². The van der Waals surface area contributed by atoms with Gasteiger partial charge in [-0.1, -0.05) is 12.1 Å². The van der Waals surface area contributed by atoms with E-state index in [1.54, 1.807) is 23.0 Å². The Morgan fingerprint density at radius 3 is 2.79 bits per heavy atom. The van der Waals surface area contributed by atoms with E-state index in [-0.39, 0.29) is 11.9 Å². The van der Waals surface area contributed by atoms with Gasteiger partial charge < -0.3 is 10.0 Å². The molecule has 0 spiro atoms. The quantitative estimate of drug-likeness (QED) is 0.917. The van der Waals surface area contributed by atoms with Gasteiger partial charge in [-0.25, -0.2) is 0 Å². The maximum Gasteiger partial charge on any atom is 0.272 e. The summed E-state index contributed by atoms with van der Waals surface area (Å²) in [7, 11) is 0. The van der Waals surface area contributed by atoms with Crippen LogP contribution in [0.2, 0.25) is 0 Å². The summed E-state index contributed by atoms with van der Waals surface area (Å²) >= 11 is 0. The van der Waals surface area contributed by atoms with Gasteiger partial charge in [-0.05, 0) is 62.8 Å². The molecule has 0 bridgehead atoms. The van der Waals surface area contributed by atoms with Crippen molar-refractivity contribution in [2.75, 3.05) is 6.54 Å². The van der Waals surface area contributed by atoms with Gasteiger partial charge in [-0.15, -0.1) is 0 Å². The monoisotopic (exact) mass is 327 g/mol. The summed E-state index contributed by atoms with van der Waals surface area (Å²) in [5.41, 5.74) is 1.89. The molecule has 1 aromatic carbocycles. The van der Waals surface area contributed by atoms with Crippen LogP contribution in [0, 0.1) is 0 Å². The van der Waals surface area contributed by atoms with Crippen molar-refractivity contribution in [1.82, 2.24) is 14.7 Å². The smallest absolute Gasteiger partial charge is 0.272 e. The standard InChI is InChI=1S/C19H25N3O2/c1-2-22-18(12-13-20-22)19(24)21-14-4-3-5-16(21)9-6-15-7-10-17(23)11-8-15/h7-8,10-13,16,23H,2-6,9,14H2,1H3. The lowest BCUT2D eigenvalue weighted by molar-refractivity contribution is 0.0589. The number of hydrogen-bond acceptors (Lipinski definition) is 3. The van der Waals surface area contributed by atoms with Crippen molar-refractivity contribution in [1.29, 1.82) is 0 Å². The molecule has 5 heteroatoms. The van der Waals surface area contributed by atoms with Crippen molar-refractivity contribution in [3.63, 3.8) is 0 Å². The van der Waals surface area contributed by atoms with Crippen LogP contribution in [0.5, 0.6) is 5.75 Å². The van der Waals surface area contributed by atoms with E-state index >= 15 is 0 Å². The average Bonchev–Trinajstić information content (AvgIpc) is 3.09. The number of nitrogens with zero attached hydrogens (tertiary/aromatic N) is 3. The van der Waals surface area contributed by atoms with Gasteiger partial charge in [0.2, 0.25) is 0 Å². The summed E-state index contributed by atoms with van der Waals surface area (Å²) in [6, 6.07) is 9.45. The van der Waals surface area contributed by atoms with Crippen LogP contribution >= 0.6 is 0 Å². The van der Waals surface area contributed by atoms with Crippen molar-refractivity contribution in [3.05, 3.63) is 47.8 Å². The Hall–Kier alpha value is -2.30. The normalized spacial score (nSPS) is 17.9. The van der Waals surface area contributed by atoms with Gasteiger partial charge in [0.25, 0.3) is 5.91 Å². The number of aromatic hydroxyl groups is 1. The van der Waals surface area contributed by atoms with Gasteiger partial charge in [0, 0.05) is 25.3 Å². The third-order valence-corrected chi connectivity index (χ3v) is 4.83. The molecule has 0 radical (unpaired) electrons. The topological polar surface area (TPSA) is 58.4 Å². The van der Waals surface area contributed by atoms with Crippen LogP contribution < -0.4 is 0 Å². The highest BCUT2D eigenvalue weighted by atomic mass is 16.3. The Labute approximate surface area is 142 Å². The lowest BCUT2D eigenvalue weighted by Gasteiger charge is -2.36. The molecule has 0 aliphatic carbocycles.